The van der Waals surface area contributed by atoms with E-state index in [1.807, 2.05) is 45.0 Å². The molecule has 1 aliphatic carbocycles. The van der Waals surface area contributed by atoms with E-state index in [1.165, 1.54) is 0 Å². The minimum Gasteiger partial charge on any atom is -0.457 e. The first-order chi connectivity index (χ1) is 8.46. The summed E-state index contributed by atoms with van der Waals surface area (Å²) in [6.07, 6.45) is 6.53. The van der Waals surface area contributed by atoms with E-state index in [9.17, 15) is 4.79 Å². The van der Waals surface area contributed by atoms with Gasteiger partial charge in [-0.1, -0.05) is 36.4 Å². The van der Waals surface area contributed by atoms with Gasteiger partial charge in [-0.05, 0) is 43.9 Å². The summed E-state index contributed by atoms with van der Waals surface area (Å²) in [5.74, 6) is -0.275. The summed E-state index contributed by atoms with van der Waals surface area (Å²) in [5, 5.41) is 0. The molecule has 1 aliphatic rings. The third-order valence-electron chi connectivity index (χ3n) is 2.64. The van der Waals surface area contributed by atoms with Crippen molar-refractivity contribution in [2.45, 2.75) is 32.8 Å². The van der Waals surface area contributed by atoms with Gasteiger partial charge in [0.05, 0.1) is 0 Å². The van der Waals surface area contributed by atoms with Crippen molar-refractivity contribution in [3.05, 3.63) is 47.5 Å². The van der Waals surface area contributed by atoms with E-state index in [-0.39, 0.29) is 5.97 Å². The first kappa shape index (κ1) is 12.6. The molecule has 1 aromatic carbocycles. The van der Waals surface area contributed by atoms with E-state index in [0.29, 0.717) is 0 Å². The molecule has 0 heterocycles. The normalized spacial score (nSPS) is 16.5. The molecule has 2 heteroatoms. The van der Waals surface area contributed by atoms with Crippen molar-refractivity contribution in [2.75, 3.05) is 0 Å². The number of fused-ring (bicyclic) bond motifs is 1. The van der Waals surface area contributed by atoms with Crippen LogP contribution in [0.3, 0.4) is 0 Å². The summed E-state index contributed by atoms with van der Waals surface area (Å²) in [7, 11) is 0. The Balaban J connectivity index is 2.25. The quantitative estimate of drug-likeness (QED) is 0.552. The fourth-order valence-electron chi connectivity index (χ4n) is 1.97. The lowest BCUT2D eigenvalue weighted by molar-refractivity contribution is -0.148. The van der Waals surface area contributed by atoms with Gasteiger partial charge in [-0.3, -0.25) is 0 Å². The highest BCUT2D eigenvalue weighted by atomic mass is 16.6. The van der Waals surface area contributed by atoms with Gasteiger partial charge in [0.25, 0.3) is 0 Å². The minimum absolute atomic E-state index is 0.275. The molecule has 2 rings (SSSR count). The predicted octanol–water partition coefficient (Wildman–Crippen LogP) is 3.83. The van der Waals surface area contributed by atoms with Crippen LogP contribution >= 0.6 is 0 Å². The monoisotopic (exact) mass is 242 g/mol. The molecule has 0 N–H and O–H groups in total. The van der Waals surface area contributed by atoms with E-state index in [0.717, 1.165) is 23.1 Å². The Morgan fingerprint density at radius 3 is 2.72 bits per heavy atom. The zero-order chi connectivity index (χ0) is 13.2. The average molecular weight is 242 g/mol. The lowest BCUT2D eigenvalue weighted by Gasteiger charge is -2.19. The maximum atomic E-state index is 11.8. The van der Waals surface area contributed by atoms with Crippen molar-refractivity contribution < 1.29 is 9.53 Å². The Kier molecular flexibility index (Phi) is 3.37. The molecule has 94 valence electrons. The Labute approximate surface area is 108 Å². The summed E-state index contributed by atoms with van der Waals surface area (Å²) in [4.78, 5) is 11.8. The van der Waals surface area contributed by atoms with E-state index in [2.05, 4.69) is 12.2 Å². The highest BCUT2D eigenvalue weighted by Gasteiger charge is 2.16. The number of hydrogen-bond acceptors (Lipinski definition) is 2. The van der Waals surface area contributed by atoms with Crippen LogP contribution in [0.4, 0.5) is 0 Å². The van der Waals surface area contributed by atoms with Crippen molar-refractivity contribution in [3.8, 4) is 0 Å². The summed E-state index contributed by atoms with van der Waals surface area (Å²) in [5.41, 5.74) is 2.84. The van der Waals surface area contributed by atoms with Crippen LogP contribution in [0.2, 0.25) is 0 Å². The third kappa shape index (κ3) is 3.10. The van der Waals surface area contributed by atoms with Gasteiger partial charge in [0.15, 0.2) is 0 Å². The van der Waals surface area contributed by atoms with Gasteiger partial charge >= 0.3 is 5.97 Å². The Morgan fingerprint density at radius 1 is 1.28 bits per heavy atom. The van der Waals surface area contributed by atoms with E-state index in [1.54, 1.807) is 6.08 Å². The Morgan fingerprint density at radius 2 is 2.00 bits per heavy atom. The number of rotatable bonds is 1. The van der Waals surface area contributed by atoms with Gasteiger partial charge in [-0.2, -0.15) is 0 Å². The molecule has 0 aromatic heterocycles. The number of carbonyl (C=O) groups excluding carboxylic acids is 1. The molecular weight excluding hydrogens is 224 g/mol. The second-order valence-corrected chi connectivity index (χ2v) is 5.40. The fraction of sp³-hybridized carbons (Fsp3) is 0.312. The Bertz CT molecular complexity index is 516. The molecule has 2 nitrogen and oxygen atoms in total. The summed E-state index contributed by atoms with van der Waals surface area (Å²) >= 11 is 0. The van der Waals surface area contributed by atoms with Crippen LogP contribution in [0.5, 0.6) is 0 Å². The van der Waals surface area contributed by atoms with Crippen molar-refractivity contribution >= 4 is 17.6 Å². The standard InChI is InChI=1S/C16H18O2/c1-16(2,3)18-15(17)11-13-9-6-8-12-7-4-5-10-14(12)13/h4-8,10-11H,9H2,1-3H3. The van der Waals surface area contributed by atoms with E-state index in [4.69, 9.17) is 4.74 Å². The van der Waals surface area contributed by atoms with Crippen molar-refractivity contribution in [3.63, 3.8) is 0 Å². The molecule has 18 heavy (non-hydrogen) atoms. The number of allylic oxidation sites excluding steroid dienone is 2. The number of carbonyl (C=O) groups is 1. The van der Waals surface area contributed by atoms with Gasteiger partial charge in [0.2, 0.25) is 0 Å². The highest BCUT2D eigenvalue weighted by molar-refractivity contribution is 5.94. The molecule has 0 fully saturated rings. The largest absolute Gasteiger partial charge is 0.457 e. The summed E-state index contributed by atoms with van der Waals surface area (Å²) in [6.45, 7) is 5.62. The highest BCUT2D eigenvalue weighted by Crippen LogP contribution is 2.28. The smallest absolute Gasteiger partial charge is 0.331 e. The molecule has 0 atom stereocenters. The van der Waals surface area contributed by atoms with Crippen molar-refractivity contribution in [2.24, 2.45) is 0 Å². The van der Waals surface area contributed by atoms with Crippen molar-refractivity contribution in [1.82, 2.24) is 0 Å². The van der Waals surface area contributed by atoms with Crippen LogP contribution in [-0.4, -0.2) is 11.6 Å². The first-order valence-corrected chi connectivity index (χ1v) is 6.15. The molecular formula is C16H18O2. The molecule has 0 spiro atoms. The molecule has 0 bridgehead atoms. The molecule has 0 saturated carbocycles. The molecule has 0 amide bonds. The topological polar surface area (TPSA) is 26.3 Å². The zero-order valence-corrected chi connectivity index (χ0v) is 11.1. The van der Waals surface area contributed by atoms with Crippen LogP contribution in [0.25, 0.3) is 11.6 Å². The van der Waals surface area contributed by atoms with Crippen LogP contribution < -0.4 is 0 Å². The summed E-state index contributed by atoms with van der Waals surface area (Å²) < 4.78 is 5.32. The number of benzene rings is 1. The molecule has 1 aromatic rings. The average Bonchev–Trinajstić information content (AvgIpc) is 2.27. The summed E-state index contributed by atoms with van der Waals surface area (Å²) in [6, 6.07) is 8.07. The lowest BCUT2D eigenvalue weighted by Crippen LogP contribution is -2.22. The van der Waals surface area contributed by atoms with Gasteiger partial charge in [0.1, 0.15) is 5.60 Å². The van der Waals surface area contributed by atoms with Gasteiger partial charge < -0.3 is 4.74 Å². The van der Waals surface area contributed by atoms with E-state index >= 15 is 0 Å². The lowest BCUT2D eigenvalue weighted by atomic mass is 9.92. The van der Waals surface area contributed by atoms with Crippen LogP contribution in [0.15, 0.2) is 36.4 Å². The second-order valence-electron chi connectivity index (χ2n) is 5.40. The van der Waals surface area contributed by atoms with Crippen LogP contribution in [-0.2, 0) is 9.53 Å². The maximum absolute atomic E-state index is 11.8. The molecule has 0 aliphatic heterocycles. The first-order valence-electron chi connectivity index (χ1n) is 6.15. The van der Waals surface area contributed by atoms with Gasteiger partial charge in [-0.25, -0.2) is 4.79 Å². The third-order valence-corrected chi connectivity index (χ3v) is 2.64. The maximum Gasteiger partial charge on any atom is 0.331 e. The van der Waals surface area contributed by atoms with Crippen LogP contribution in [0, 0.1) is 0 Å². The van der Waals surface area contributed by atoms with Gasteiger partial charge in [-0.15, -0.1) is 0 Å². The minimum atomic E-state index is -0.446. The molecule has 0 saturated heterocycles. The zero-order valence-electron chi connectivity index (χ0n) is 11.1. The number of ether oxygens (including phenoxy) is 1. The van der Waals surface area contributed by atoms with Crippen LogP contribution in [0.1, 0.15) is 38.3 Å². The molecule has 0 radical (unpaired) electrons. The SMILES string of the molecule is CC(C)(C)OC(=O)C=C1CC=Cc2ccccc21. The number of esters is 1. The fourth-order valence-corrected chi connectivity index (χ4v) is 1.97. The van der Waals surface area contributed by atoms with Gasteiger partial charge in [0, 0.05) is 6.08 Å². The van der Waals surface area contributed by atoms with E-state index < -0.39 is 5.60 Å². The number of hydrogen-bond donors (Lipinski definition) is 0. The second kappa shape index (κ2) is 4.81. The predicted molar refractivity (Wildman–Crippen MR) is 73.9 cm³/mol. The molecule has 0 unspecified atom stereocenters. The Hall–Kier alpha value is -1.83. The van der Waals surface area contributed by atoms with Crippen molar-refractivity contribution in [1.29, 1.82) is 0 Å².